The van der Waals surface area contributed by atoms with Gasteiger partial charge >= 0.3 is 0 Å². The molecule has 3 heterocycles. The first-order valence-corrected chi connectivity index (χ1v) is 10.9. The molecule has 1 atom stereocenters. The number of Topliss-reactive ketones (excluding diaryl/α,β-unsaturated/α-hetero) is 1. The first-order valence-electron chi connectivity index (χ1n) is 8.48. The lowest BCUT2D eigenvalue weighted by molar-refractivity contribution is 0.0983. The van der Waals surface area contributed by atoms with Crippen molar-refractivity contribution in [3.8, 4) is 16.0 Å². The summed E-state index contributed by atoms with van der Waals surface area (Å²) in [5, 5.41) is 11.1. The first kappa shape index (κ1) is 17.2. The van der Waals surface area contributed by atoms with Crippen LogP contribution in [0.15, 0.2) is 60.7 Å². The summed E-state index contributed by atoms with van der Waals surface area (Å²) in [4.78, 5) is 23.6. The maximum atomic E-state index is 13.0. The number of hydrogen-bond acceptors (Lipinski definition) is 7. The van der Waals surface area contributed by atoms with Crippen LogP contribution in [-0.4, -0.2) is 15.8 Å². The number of hydrogen-bond donors (Lipinski definition) is 0. The van der Waals surface area contributed by atoms with Crippen molar-refractivity contribution in [2.75, 3.05) is 0 Å². The van der Waals surface area contributed by atoms with Gasteiger partial charge in [0, 0.05) is 0 Å². The molecule has 3 aromatic heterocycles. The fraction of sp³-hybridized carbons (Fsp3) is 0.0476. The minimum atomic E-state index is -0.890. The largest absolute Gasteiger partial charge is 0.291 e. The summed E-state index contributed by atoms with van der Waals surface area (Å²) in [6.45, 7) is 0. The average molecular weight is 418 g/mol. The molecule has 0 saturated carbocycles. The molecular weight excluding hydrogens is 406 g/mol. The number of carbonyl (C=O) groups excluding carboxylic acids is 1. The lowest BCUT2D eigenvalue weighted by Crippen LogP contribution is -2.09. The van der Waals surface area contributed by atoms with Crippen molar-refractivity contribution in [2.24, 2.45) is 0 Å². The number of aromatic nitrogens is 2. The van der Waals surface area contributed by atoms with E-state index in [0.29, 0.717) is 9.88 Å². The highest BCUT2D eigenvalue weighted by Crippen LogP contribution is 2.36. The van der Waals surface area contributed by atoms with Crippen molar-refractivity contribution >= 4 is 60.2 Å². The van der Waals surface area contributed by atoms with Crippen LogP contribution in [0.4, 0.5) is 0 Å². The third-order valence-corrected chi connectivity index (χ3v) is 7.71. The molecule has 0 unspecified atom stereocenters. The molecule has 7 heteroatoms. The lowest BCUT2D eigenvalue weighted by atomic mass is 10.1. The number of para-hydroxylation sites is 2. The van der Waals surface area contributed by atoms with E-state index in [9.17, 15) is 10.1 Å². The number of thiophene rings is 1. The molecule has 0 radical (unpaired) electrons. The predicted octanol–water partition coefficient (Wildman–Crippen LogP) is 6.12. The number of carbonyl (C=O) groups is 1. The summed E-state index contributed by atoms with van der Waals surface area (Å²) in [6.07, 6.45) is 0. The molecule has 0 aliphatic heterocycles. The van der Waals surface area contributed by atoms with E-state index in [1.54, 1.807) is 17.4 Å². The van der Waals surface area contributed by atoms with Gasteiger partial charge in [-0.25, -0.2) is 9.97 Å². The third kappa shape index (κ3) is 2.92. The van der Waals surface area contributed by atoms with Gasteiger partial charge in [-0.3, -0.25) is 4.79 Å². The molecule has 4 nitrogen and oxygen atoms in total. The van der Waals surface area contributed by atoms with Crippen LogP contribution in [0, 0.1) is 11.3 Å². The quantitative estimate of drug-likeness (QED) is 0.330. The zero-order valence-electron chi connectivity index (χ0n) is 14.3. The van der Waals surface area contributed by atoms with Crippen molar-refractivity contribution in [1.29, 1.82) is 5.26 Å². The van der Waals surface area contributed by atoms with Gasteiger partial charge < -0.3 is 0 Å². The van der Waals surface area contributed by atoms with Crippen LogP contribution in [0.25, 0.3) is 30.3 Å². The Kier molecular flexibility index (Phi) is 4.24. The van der Waals surface area contributed by atoms with E-state index < -0.39 is 5.92 Å². The second-order valence-electron chi connectivity index (χ2n) is 6.10. The maximum absolute atomic E-state index is 13.0. The fourth-order valence-corrected chi connectivity index (χ4v) is 5.95. The van der Waals surface area contributed by atoms with Gasteiger partial charge in [0.1, 0.15) is 10.0 Å². The number of fused-ring (bicyclic) bond motifs is 2. The van der Waals surface area contributed by atoms with Crippen molar-refractivity contribution in [3.05, 3.63) is 70.5 Å². The van der Waals surface area contributed by atoms with E-state index in [0.717, 1.165) is 30.3 Å². The van der Waals surface area contributed by atoms with Gasteiger partial charge in [0.2, 0.25) is 0 Å². The van der Waals surface area contributed by atoms with Gasteiger partial charge in [-0.1, -0.05) is 24.3 Å². The highest BCUT2D eigenvalue weighted by molar-refractivity contribution is 7.26. The SMILES string of the molecule is N#C[C@H](C(=O)c1ccc(-c2nc3ccccc3s2)s1)c1nc2ccccc2s1. The summed E-state index contributed by atoms with van der Waals surface area (Å²) < 4.78 is 2.09. The Labute approximate surface area is 172 Å². The van der Waals surface area contributed by atoms with Gasteiger partial charge in [-0.15, -0.1) is 34.0 Å². The number of nitrogens with zero attached hydrogens (tertiary/aromatic N) is 3. The summed E-state index contributed by atoms with van der Waals surface area (Å²) in [7, 11) is 0. The van der Waals surface area contributed by atoms with Gasteiger partial charge in [0.15, 0.2) is 11.7 Å². The van der Waals surface area contributed by atoms with Crippen LogP contribution in [0.1, 0.15) is 20.6 Å². The minimum absolute atomic E-state index is 0.209. The number of rotatable bonds is 4. The molecule has 0 N–H and O–H groups in total. The predicted molar refractivity (Wildman–Crippen MR) is 115 cm³/mol. The van der Waals surface area contributed by atoms with Crippen LogP contribution in [-0.2, 0) is 0 Å². The summed E-state index contributed by atoms with van der Waals surface area (Å²) >= 11 is 4.38. The van der Waals surface area contributed by atoms with Gasteiger partial charge in [0.25, 0.3) is 0 Å². The molecule has 5 aromatic rings. The topological polar surface area (TPSA) is 66.6 Å². The summed E-state index contributed by atoms with van der Waals surface area (Å²) in [5.41, 5.74) is 1.77. The van der Waals surface area contributed by atoms with E-state index in [4.69, 9.17) is 0 Å². The Morgan fingerprint density at radius 1 is 0.857 bits per heavy atom. The maximum Gasteiger partial charge on any atom is 0.196 e. The molecule has 5 rings (SSSR count). The van der Waals surface area contributed by atoms with E-state index >= 15 is 0 Å². The van der Waals surface area contributed by atoms with Gasteiger partial charge in [-0.05, 0) is 36.4 Å². The van der Waals surface area contributed by atoms with Crippen molar-refractivity contribution in [1.82, 2.24) is 9.97 Å². The second-order valence-corrected chi connectivity index (χ2v) is 9.27. The monoisotopic (exact) mass is 417 g/mol. The summed E-state index contributed by atoms with van der Waals surface area (Å²) in [5.74, 6) is -1.10. The molecule has 0 bridgehead atoms. The van der Waals surface area contributed by atoms with Crippen LogP contribution in [0.2, 0.25) is 0 Å². The molecule has 2 aromatic carbocycles. The zero-order valence-corrected chi connectivity index (χ0v) is 16.8. The molecule has 0 amide bonds. The van der Waals surface area contributed by atoms with E-state index in [-0.39, 0.29) is 5.78 Å². The molecule has 0 fully saturated rings. The van der Waals surface area contributed by atoms with E-state index in [2.05, 4.69) is 16.0 Å². The van der Waals surface area contributed by atoms with Crippen LogP contribution in [0.5, 0.6) is 0 Å². The molecule has 28 heavy (non-hydrogen) atoms. The minimum Gasteiger partial charge on any atom is -0.291 e. The first-order chi connectivity index (χ1) is 13.7. The fourth-order valence-electron chi connectivity index (χ4n) is 2.94. The second kappa shape index (κ2) is 6.91. The van der Waals surface area contributed by atoms with Crippen LogP contribution >= 0.6 is 34.0 Å². The number of nitriles is 1. The number of ketones is 1. The highest BCUT2D eigenvalue weighted by Gasteiger charge is 2.27. The van der Waals surface area contributed by atoms with Crippen molar-refractivity contribution in [2.45, 2.75) is 5.92 Å². The highest BCUT2D eigenvalue weighted by atomic mass is 32.1. The average Bonchev–Trinajstić information content (AvgIpc) is 3.44. The Morgan fingerprint density at radius 2 is 1.54 bits per heavy atom. The number of thiazole rings is 2. The Bertz CT molecular complexity index is 1310. The molecule has 0 aliphatic rings. The van der Waals surface area contributed by atoms with Crippen LogP contribution < -0.4 is 0 Å². The van der Waals surface area contributed by atoms with Crippen molar-refractivity contribution < 1.29 is 4.79 Å². The van der Waals surface area contributed by atoms with Crippen molar-refractivity contribution in [3.63, 3.8) is 0 Å². The molecule has 0 saturated heterocycles. The Balaban J connectivity index is 1.48. The lowest BCUT2D eigenvalue weighted by Gasteiger charge is -2.02. The third-order valence-electron chi connectivity index (χ3n) is 4.30. The normalized spacial score (nSPS) is 12.2. The molecule has 134 valence electrons. The van der Waals surface area contributed by atoms with E-state index in [1.807, 2.05) is 54.6 Å². The molecule has 0 aliphatic carbocycles. The van der Waals surface area contributed by atoms with Gasteiger partial charge in [0.05, 0.1) is 36.3 Å². The molecular formula is C21H11N3OS3. The van der Waals surface area contributed by atoms with E-state index in [1.165, 1.54) is 22.7 Å². The smallest absolute Gasteiger partial charge is 0.196 e. The number of benzene rings is 2. The Morgan fingerprint density at radius 3 is 2.21 bits per heavy atom. The summed E-state index contributed by atoms with van der Waals surface area (Å²) in [6, 6.07) is 21.5. The molecule has 0 spiro atoms. The standard InChI is InChI=1S/C21H11N3OS3/c22-11-12(20-23-13-5-1-3-7-15(13)27-20)19(25)17-9-10-18(26-17)21-24-14-6-2-4-8-16(14)28-21/h1-10,12H/t12-/m1/s1. The van der Waals surface area contributed by atoms with Crippen LogP contribution in [0.3, 0.4) is 0 Å². The van der Waals surface area contributed by atoms with Gasteiger partial charge in [-0.2, -0.15) is 5.26 Å². The zero-order chi connectivity index (χ0) is 19.1. The Hall–Kier alpha value is -2.92.